The average molecular weight is 123 g/mol. The van der Waals surface area contributed by atoms with Crippen molar-refractivity contribution in [1.29, 1.82) is 0 Å². The minimum absolute atomic E-state index is 0. The van der Waals surface area contributed by atoms with E-state index in [2.05, 4.69) is 9.05 Å². The van der Waals surface area contributed by atoms with E-state index < -0.39 is 8.25 Å². The van der Waals surface area contributed by atoms with E-state index in [4.69, 9.17) is 0 Å². The molecule has 0 amide bonds. The van der Waals surface area contributed by atoms with Crippen LogP contribution in [0.25, 0.3) is 0 Å². The van der Waals surface area contributed by atoms with Crippen molar-refractivity contribution in [2.24, 2.45) is 0 Å². The minimum Gasteiger partial charge on any atom is -0.0850 e. The number of hydrogen-bond donors (Lipinski definition) is 0. The molecule has 6 heavy (non-hydrogen) atoms. The standard InChI is InChI=1S/CH2O3P.Al.3H/c2-5-3-1-4-5;;;;/h1H2;;;;/q+1;;;;. The zero-order chi connectivity index (χ0) is 3.70. The van der Waals surface area contributed by atoms with Crippen LogP contribution in [0.2, 0.25) is 0 Å². The highest BCUT2D eigenvalue weighted by molar-refractivity contribution is 7.34. The van der Waals surface area contributed by atoms with E-state index in [1.807, 2.05) is 0 Å². The summed E-state index contributed by atoms with van der Waals surface area (Å²) in [5.74, 6) is 0. The highest BCUT2D eigenvalue weighted by Crippen LogP contribution is 2.32. The highest BCUT2D eigenvalue weighted by Gasteiger charge is 2.32. The maximum absolute atomic E-state index is 9.60. The van der Waals surface area contributed by atoms with Crippen LogP contribution in [0.15, 0.2) is 0 Å². The molecular formula is CH5AlO3P+. The van der Waals surface area contributed by atoms with E-state index in [1.54, 1.807) is 0 Å². The molecule has 0 unspecified atom stereocenters. The van der Waals surface area contributed by atoms with E-state index in [0.29, 0.717) is 0 Å². The first-order chi connectivity index (χ1) is 2.39. The Hall–Kier alpha value is 0.552. The van der Waals surface area contributed by atoms with Gasteiger partial charge >= 0.3 is 8.25 Å². The second-order valence-electron chi connectivity index (χ2n) is 0.600. The quantitative estimate of drug-likeness (QED) is 0.320. The fourth-order valence-electron chi connectivity index (χ4n) is 0.0957. The zero-order valence-corrected chi connectivity index (χ0v) is 3.27. The van der Waals surface area contributed by atoms with Crippen molar-refractivity contribution in [2.75, 3.05) is 6.79 Å². The van der Waals surface area contributed by atoms with E-state index in [9.17, 15) is 4.57 Å². The summed E-state index contributed by atoms with van der Waals surface area (Å²) in [6.07, 6.45) is 0. The smallest absolute Gasteiger partial charge is 0.0850 e. The van der Waals surface area contributed by atoms with Gasteiger partial charge in [-0.1, -0.05) is 9.05 Å². The molecule has 0 aromatic heterocycles. The zero-order valence-electron chi connectivity index (χ0n) is 2.38. The Morgan fingerprint density at radius 2 is 1.83 bits per heavy atom. The summed E-state index contributed by atoms with van der Waals surface area (Å²) < 4.78 is 18.0. The molecule has 1 heterocycles. The van der Waals surface area contributed by atoms with Crippen LogP contribution in [-0.2, 0) is 13.6 Å². The van der Waals surface area contributed by atoms with Crippen molar-refractivity contribution in [1.82, 2.24) is 0 Å². The van der Waals surface area contributed by atoms with Crippen molar-refractivity contribution in [3.8, 4) is 0 Å². The molecule has 1 aliphatic heterocycles. The second kappa shape index (κ2) is 2.68. The molecule has 0 radical (unpaired) electrons. The van der Waals surface area contributed by atoms with Gasteiger partial charge in [-0.25, -0.2) is 0 Å². The van der Waals surface area contributed by atoms with Crippen LogP contribution in [0.4, 0.5) is 0 Å². The van der Waals surface area contributed by atoms with Crippen molar-refractivity contribution in [3.63, 3.8) is 0 Å². The van der Waals surface area contributed by atoms with Gasteiger partial charge in [0.2, 0.25) is 0 Å². The molecule has 0 bridgehead atoms. The molecule has 1 fully saturated rings. The predicted octanol–water partition coefficient (Wildman–Crippen LogP) is -0.536. The summed E-state index contributed by atoms with van der Waals surface area (Å²) >= 11 is 0. The highest BCUT2D eigenvalue weighted by atomic mass is 31.1. The van der Waals surface area contributed by atoms with Crippen molar-refractivity contribution in [3.05, 3.63) is 0 Å². The van der Waals surface area contributed by atoms with Crippen LogP contribution in [0.5, 0.6) is 0 Å². The van der Waals surface area contributed by atoms with Gasteiger partial charge in [0.15, 0.2) is 17.4 Å². The topological polar surface area (TPSA) is 35.5 Å². The summed E-state index contributed by atoms with van der Waals surface area (Å²) in [4.78, 5) is 0. The fraction of sp³-hybridized carbons (Fsp3) is 1.00. The monoisotopic (exact) mass is 123 g/mol. The van der Waals surface area contributed by atoms with Crippen LogP contribution in [-0.4, -0.2) is 24.2 Å². The van der Waals surface area contributed by atoms with E-state index in [0.717, 1.165) is 0 Å². The average Bonchev–Trinajstić information content (AvgIpc) is 1.30. The molecule has 1 rings (SSSR count). The normalized spacial score (nSPS) is 18.3. The Bertz CT molecular complexity index is 57.8. The van der Waals surface area contributed by atoms with E-state index >= 15 is 0 Å². The third-order valence-corrected chi connectivity index (χ3v) is 0.949. The lowest BCUT2D eigenvalue weighted by Crippen LogP contribution is -1.97. The molecule has 5 heteroatoms. The maximum Gasteiger partial charge on any atom is 0.702 e. The van der Waals surface area contributed by atoms with Gasteiger partial charge < -0.3 is 0 Å². The maximum atomic E-state index is 9.60. The van der Waals surface area contributed by atoms with Crippen LogP contribution < -0.4 is 0 Å². The van der Waals surface area contributed by atoms with E-state index in [1.165, 1.54) is 0 Å². The van der Waals surface area contributed by atoms with Gasteiger partial charge in [0.05, 0.1) is 0 Å². The SMILES string of the molecule is O=[P+]1OCO1.[AlH3]. The Labute approximate surface area is 46.7 Å². The second-order valence-corrected chi connectivity index (χ2v) is 1.56. The predicted molar refractivity (Wildman–Crippen MR) is 24.6 cm³/mol. The summed E-state index contributed by atoms with van der Waals surface area (Å²) in [5, 5.41) is 0. The molecule has 34 valence electrons. The molecule has 0 saturated carbocycles. The number of rotatable bonds is 0. The van der Waals surface area contributed by atoms with Crippen molar-refractivity contribution < 1.29 is 13.6 Å². The van der Waals surface area contributed by atoms with Crippen LogP contribution in [0, 0.1) is 0 Å². The Morgan fingerprint density at radius 1 is 1.50 bits per heavy atom. The van der Waals surface area contributed by atoms with Crippen molar-refractivity contribution >= 4 is 25.6 Å². The molecule has 0 aliphatic carbocycles. The largest absolute Gasteiger partial charge is 0.702 e. The Kier molecular flexibility index (Phi) is 2.93. The van der Waals surface area contributed by atoms with E-state index in [-0.39, 0.29) is 24.2 Å². The van der Waals surface area contributed by atoms with Gasteiger partial charge in [0.1, 0.15) is 0 Å². The van der Waals surface area contributed by atoms with Gasteiger partial charge in [-0.3, -0.25) is 0 Å². The Balaban J connectivity index is 0.000000250. The van der Waals surface area contributed by atoms with Gasteiger partial charge in [-0.15, -0.1) is 0 Å². The van der Waals surface area contributed by atoms with Gasteiger partial charge in [-0.05, 0) is 0 Å². The van der Waals surface area contributed by atoms with Crippen LogP contribution in [0.1, 0.15) is 0 Å². The van der Waals surface area contributed by atoms with Crippen LogP contribution in [0.3, 0.4) is 0 Å². The lowest BCUT2D eigenvalue weighted by atomic mass is 11.6. The molecular weight excluding hydrogens is 118 g/mol. The molecule has 0 aromatic carbocycles. The molecule has 0 spiro atoms. The van der Waals surface area contributed by atoms with Gasteiger partial charge in [0, 0.05) is 4.57 Å². The summed E-state index contributed by atoms with van der Waals surface area (Å²) in [6.45, 7) is 0.204. The summed E-state index contributed by atoms with van der Waals surface area (Å²) in [6, 6.07) is 0. The summed E-state index contributed by atoms with van der Waals surface area (Å²) in [7, 11) is -1.67. The molecule has 0 aromatic rings. The first kappa shape index (κ1) is 6.55. The fourth-order valence-corrected chi connectivity index (χ4v) is 0.287. The van der Waals surface area contributed by atoms with Gasteiger partial charge in [-0.2, -0.15) is 0 Å². The summed E-state index contributed by atoms with van der Waals surface area (Å²) in [5.41, 5.74) is 0. The lowest BCUT2D eigenvalue weighted by Gasteiger charge is -1.88. The third kappa shape index (κ3) is 1.34. The molecule has 1 saturated heterocycles. The molecule has 0 atom stereocenters. The van der Waals surface area contributed by atoms with Crippen molar-refractivity contribution in [2.45, 2.75) is 0 Å². The first-order valence-electron chi connectivity index (χ1n) is 1.13. The molecule has 0 N–H and O–H groups in total. The number of hydrogen-bond acceptors (Lipinski definition) is 3. The van der Waals surface area contributed by atoms with Crippen LogP contribution >= 0.6 is 8.25 Å². The minimum atomic E-state index is -1.67. The third-order valence-electron chi connectivity index (χ3n) is 0.316. The molecule has 3 nitrogen and oxygen atoms in total. The van der Waals surface area contributed by atoms with Gasteiger partial charge in [0.25, 0.3) is 6.79 Å². The molecule has 1 aliphatic rings. The lowest BCUT2D eigenvalue weighted by molar-refractivity contribution is 0.0270. The Morgan fingerprint density at radius 3 is 1.83 bits per heavy atom. The first-order valence-corrected chi connectivity index (χ1v) is 2.22.